The summed E-state index contributed by atoms with van der Waals surface area (Å²) in [4.78, 5) is 15.6. The number of carbonyl (C=O) groups excluding carboxylic acids is 1. The first-order chi connectivity index (χ1) is 5.90. The van der Waals surface area contributed by atoms with Crippen molar-refractivity contribution in [3.63, 3.8) is 0 Å². The second-order valence-electron chi connectivity index (χ2n) is 3.24. The topological polar surface area (TPSA) is 38.7 Å². The van der Waals surface area contributed by atoms with Crippen LogP contribution in [0.2, 0.25) is 0 Å². The highest BCUT2D eigenvalue weighted by Gasteiger charge is 2.28. The normalized spacial score (nSPS) is 33.2. The second kappa shape index (κ2) is 3.09. The summed E-state index contributed by atoms with van der Waals surface area (Å²) in [6, 6.07) is 0. The molecule has 0 saturated carbocycles. The lowest BCUT2D eigenvalue weighted by atomic mass is 9.87. The van der Waals surface area contributed by atoms with Gasteiger partial charge in [-0.1, -0.05) is 11.2 Å². The maximum absolute atomic E-state index is 10.4. The van der Waals surface area contributed by atoms with Gasteiger partial charge >= 0.3 is 0 Å². The van der Waals surface area contributed by atoms with Gasteiger partial charge < -0.3 is 4.84 Å². The van der Waals surface area contributed by atoms with Crippen LogP contribution in [0.15, 0.2) is 17.3 Å². The van der Waals surface area contributed by atoms with E-state index >= 15 is 0 Å². The molecule has 3 nitrogen and oxygen atoms in total. The average molecular weight is 165 g/mol. The van der Waals surface area contributed by atoms with E-state index in [0.29, 0.717) is 11.6 Å². The summed E-state index contributed by atoms with van der Waals surface area (Å²) in [7, 11) is 0. The third-order valence-corrected chi connectivity index (χ3v) is 2.39. The van der Waals surface area contributed by atoms with Crippen LogP contribution in [0, 0.1) is 5.92 Å². The predicted octanol–water partition coefficient (Wildman–Crippen LogP) is 1.30. The Morgan fingerprint density at radius 3 is 3.42 bits per heavy atom. The fraction of sp³-hybridized carbons (Fsp3) is 0.556. The quantitative estimate of drug-likeness (QED) is 0.434. The van der Waals surface area contributed by atoms with E-state index in [9.17, 15) is 4.79 Å². The summed E-state index contributed by atoms with van der Waals surface area (Å²) in [6.45, 7) is 0. The van der Waals surface area contributed by atoms with Gasteiger partial charge in [-0.3, -0.25) is 4.79 Å². The Morgan fingerprint density at radius 1 is 1.67 bits per heavy atom. The van der Waals surface area contributed by atoms with Crippen molar-refractivity contribution >= 4 is 12.0 Å². The number of carbonyl (C=O) groups is 1. The molecule has 0 bridgehead atoms. The predicted molar refractivity (Wildman–Crippen MR) is 44.9 cm³/mol. The minimum absolute atomic E-state index is 0.113. The van der Waals surface area contributed by atoms with Gasteiger partial charge in [-0.15, -0.1) is 0 Å². The number of oxime groups is 1. The standard InChI is InChI=1S/C9H11NO2/c11-6-8-5-7-3-1-2-4-9(7)12-10-8/h2,4,6-7,9H,1,3,5H2/t7-,9-/m1/s1. The molecular weight excluding hydrogens is 154 g/mol. The van der Waals surface area contributed by atoms with Crippen molar-refractivity contribution in [2.75, 3.05) is 0 Å². The maximum atomic E-state index is 10.4. The van der Waals surface area contributed by atoms with Crippen LogP contribution in [0.25, 0.3) is 0 Å². The van der Waals surface area contributed by atoms with Gasteiger partial charge in [0.05, 0.1) is 0 Å². The number of fused-ring (bicyclic) bond motifs is 1. The van der Waals surface area contributed by atoms with Crippen molar-refractivity contribution in [3.8, 4) is 0 Å². The van der Waals surface area contributed by atoms with Gasteiger partial charge in [0.25, 0.3) is 0 Å². The lowest BCUT2D eigenvalue weighted by Gasteiger charge is -2.28. The van der Waals surface area contributed by atoms with Gasteiger partial charge in [-0.25, -0.2) is 0 Å². The minimum Gasteiger partial charge on any atom is -0.388 e. The fourth-order valence-corrected chi connectivity index (χ4v) is 1.71. The number of hydrogen-bond donors (Lipinski definition) is 0. The zero-order valence-electron chi connectivity index (χ0n) is 6.77. The van der Waals surface area contributed by atoms with Gasteiger partial charge in [-0.2, -0.15) is 0 Å². The van der Waals surface area contributed by atoms with Crippen LogP contribution < -0.4 is 0 Å². The Kier molecular flexibility index (Phi) is 1.94. The molecule has 0 unspecified atom stereocenters. The van der Waals surface area contributed by atoms with Crippen molar-refractivity contribution in [2.45, 2.75) is 25.4 Å². The van der Waals surface area contributed by atoms with E-state index in [4.69, 9.17) is 4.84 Å². The van der Waals surface area contributed by atoms with Crippen molar-refractivity contribution < 1.29 is 9.63 Å². The molecule has 0 fully saturated rings. The molecule has 1 aliphatic heterocycles. The molecule has 0 saturated heterocycles. The van der Waals surface area contributed by atoms with Crippen molar-refractivity contribution in [1.82, 2.24) is 0 Å². The van der Waals surface area contributed by atoms with Crippen LogP contribution in [0.3, 0.4) is 0 Å². The van der Waals surface area contributed by atoms with E-state index in [1.807, 2.05) is 6.08 Å². The molecule has 1 heterocycles. The van der Waals surface area contributed by atoms with Crippen molar-refractivity contribution in [2.24, 2.45) is 11.1 Å². The Morgan fingerprint density at radius 2 is 2.58 bits per heavy atom. The monoisotopic (exact) mass is 165 g/mol. The minimum atomic E-state index is 0.113. The summed E-state index contributed by atoms with van der Waals surface area (Å²) in [5, 5.41) is 3.73. The number of aldehydes is 1. The summed E-state index contributed by atoms with van der Waals surface area (Å²) >= 11 is 0. The zero-order chi connectivity index (χ0) is 8.39. The summed E-state index contributed by atoms with van der Waals surface area (Å²) in [6.07, 6.45) is 8.03. The van der Waals surface area contributed by atoms with Crippen LogP contribution >= 0.6 is 0 Å². The highest BCUT2D eigenvalue weighted by atomic mass is 16.6. The third kappa shape index (κ3) is 1.26. The molecule has 0 spiro atoms. The van der Waals surface area contributed by atoms with E-state index in [0.717, 1.165) is 25.5 Å². The van der Waals surface area contributed by atoms with Crippen LogP contribution in [0.4, 0.5) is 0 Å². The zero-order valence-corrected chi connectivity index (χ0v) is 6.77. The summed E-state index contributed by atoms with van der Waals surface area (Å²) < 4.78 is 0. The van der Waals surface area contributed by atoms with E-state index in [2.05, 4.69) is 11.2 Å². The highest BCUT2D eigenvalue weighted by Crippen LogP contribution is 2.27. The second-order valence-corrected chi connectivity index (χ2v) is 3.24. The molecule has 0 aromatic heterocycles. The van der Waals surface area contributed by atoms with Crippen molar-refractivity contribution in [3.05, 3.63) is 12.2 Å². The third-order valence-electron chi connectivity index (χ3n) is 2.39. The molecule has 3 heteroatoms. The number of rotatable bonds is 1. The Balaban J connectivity index is 2.12. The van der Waals surface area contributed by atoms with E-state index in [-0.39, 0.29) is 6.10 Å². The molecule has 2 atom stereocenters. The molecule has 64 valence electrons. The first kappa shape index (κ1) is 7.53. The molecule has 2 rings (SSSR count). The van der Waals surface area contributed by atoms with Gasteiger partial charge in [0.2, 0.25) is 0 Å². The van der Waals surface area contributed by atoms with Gasteiger partial charge in [0.1, 0.15) is 11.8 Å². The highest BCUT2D eigenvalue weighted by molar-refractivity contribution is 6.28. The first-order valence-electron chi connectivity index (χ1n) is 4.24. The largest absolute Gasteiger partial charge is 0.388 e. The smallest absolute Gasteiger partial charge is 0.167 e. The van der Waals surface area contributed by atoms with Gasteiger partial charge in [-0.05, 0) is 18.9 Å². The van der Waals surface area contributed by atoms with Gasteiger partial charge in [0.15, 0.2) is 6.29 Å². The van der Waals surface area contributed by atoms with Crippen LogP contribution in [0.5, 0.6) is 0 Å². The van der Waals surface area contributed by atoms with Crippen LogP contribution in [0.1, 0.15) is 19.3 Å². The SMILES string of the molecule is O=CC1=NO[C@@H]2C=CCC[C@@H]2C1. The lowest BCUT2D eigenvalue weighted by molar-refractivity contribution is -0.103. The molecule has 1 aliphatic carbocycles. The maximum Gasteiger partial charge on any atom is 0.167 e. The van der Waals surface area contributed by atoms with E-state index in [1.54, 1.807) is 0 Å². The van der Waals surface area contributed by atoms with Gasteiger partial charge in [0, 0.05) is 12.3 Å². The Hall–Kier alpha value is -1.12. The summed E-state index contributed by atoms with van der Waals surface area (Å²) in [5.74, 6) is 0.465. The van der Waals surface area contributed by atoms with Crippen LogP contribution in [-0.4, -0.2) is 18.1 Å². The molecule has 2 aliphatic rings. The molecule has 0 aromatic carbocycles. The first-order valence-corrected chi connectivity index (χ1v) is 4.24. The van der Waals surface area contributed by atoms with Crippen molar-refractivity contribution in [1.29, 1.82) is 0 Å². The Bertz CT molecular complexity index is 245. The Labute approximate surface area is 71.1 Å². The van der Waals surface area contributed by atoms with Crippen LogP contribution in [-0.2, 0) is 9.63 Å². The molecule has 0 aromatic rings. The fourth-order valence-electron chi connectivity index (χ4n) is 1.71. The number of nitrogens with zero attached hydrogens (tertiary/aromatic N) is 1. The lowest BCUT2D eigenvalue weighted by Crippen LogP contribution is -2.30. The molecule has 0 N–H and O–H groups in total. The number of hydrogen-bond acceptors (Lipinski definition) is 3. The van der Waals surface area contributed by atoms with E-state index in [1.165, 1.54) is 0 Å². The molecule has 12 heavy (non-hydrogen) atoms. The summed E-state index contributed by atoms with van der Waals surface area (Å²) in [5.41, 5.74) is 0.548. The van der Waals surface area contributed by atoms with E-state index < -0.39 is 0 Å². The average Bonchev–Trinajstić information content (AvgIpc) is 2.17. The molecular formula is C9H11NO2. The number of allylic oxidation sites excluding steroid dienone is 1. The molecule has 0 amide bonds. The molecule has 0 radical (unpaired) electrons.